The fraction of sp³-hybridized carbons (Fsp3) is 0.118. The molecule has 0 atom stereocenters. The second-order valence-corrected chi connectivity index (χ2v) is 6.12. The molecular formula is C17H15N3O2S. The van der Waals surface area contributed by atoms with Crippen molar-refractivity contribution in [3.63, 3.8) is 0 Å². The van der Waals surface area contributed by atoms with Gasteiger partial charge in [-0.2, -0.15) is 0 Å². The number of benzene rings is 1. The second kappa shape index (κ2) is 6.58. The summed E-state index contributed by atoms with van der Waals surface area (Å²) in [6.07, 6.45) is 4.29. The zero-order valence-electron chi connectivity index (χ0n) is 12.5. The van der Waals surface area contributed by atoms with Gasteiger partial charge in [0.05, 0.1) is 10.7 Å². The molecule has 1 aliphatic carbocycles. The maximum absolute atomic E-state index is 12.1. The number of hydrogen-bond acceptors (Lipinski definition) is 4. The van der Waals surface area contributed by atoms with E-state index in [0.29, 0.717) is 17.6 Å². The van der Waals surface area contributed by atoms with Crippen molar-refractivity contribution in [3.8, 4) is 0 Å². The number of nitrogens with zero attached hydrogens (tertiary/aromatic N) is 1. The predicted octanol–water partition coefficient (Wildman–Crippen LogP) is 2.63. The Morgan fingerprint density at radius 3 is 2.57 bits per heavy atom. The van der Waals surface area contributed by atoms with E-state index in [1.165, 1.54) is 0 Å². The molecule has 3 rings (SSSR count). The molecule has 1 aliphatic rings. The van der Waals surface area contributed by atoms with Gasteiger partial charge in [0.15, 0.2) is 0 Å². The Labute approximate surface area is 137 Å². The summed E-state index contributed by atoms with van der Waals surface area (Å²) in [6, 6.07) is 8.72. The molecule has 116 valence electrons. The third kappa shape index (κ3) is 3.54. The number of nitrogens with one attached hydrogen (secondary N) is 2. The van der Waals surface area contributed by atoms with E-state index < -0.39 is 0 Å². The zero-order chi connectivity index (χ0) is 16.2. The van der Waals surface area contributed by atoms with E-state index in [1.54, 1.807) is 41.7 Å². The number of aryl methyl sites for hydroxylation is 1. The van der Waals surface area contributed by atoms with E-state index >= 15 is 0 Å². The number of hydrogen-bond donors (Lipinski definition) is 2. The van der Waals surface area contributed by atoms with E-state index in [9.17, 15) is 9.59 Å². The Balaban J connectivity index is 1.59. The lowest BCUT2D eigenvalue weighted by Crippen LogP contribution is -2.42. The first kappa shape index (κ1) is 15.2. The Kier molecular flexibility index (Phi) is 4.34. The Morgan fingerprint density at radius 2 is 1.87 bits per heavy atom. The molecule has 2 amide bonds. The van der Waals surface area contributed by atoms with Crippen LogP contribution < -0.4 is 10.9 Å². The molecule has 6 heteroatoms. The molecule has 1 aromatic heterocycles. The van der Waals surface area contributed by atoms with Crippen LogP contribution in [-0.2, 0) is 4.79 Å². The number of carbonyl (C=O) groups excluding carboxylic acids is 2. The molecule has 1 aromatic carbocycles. The maximum Gasteiger partial charge on any atom is 0.269 e. The van der Waals surface area contributed by atoms with E-state index in [0.717, 1.165) is 16.3 Å². The smallest absolute Gasteiger partial charge is 0.268 e. The van der Waals surface area contributed by atoms with Crippen LogP contribution in [0, 0.1) is 6.92 Å². The number of allylic oxidation sites excluding steroid dienone is 3. The highest BCUT2D eigenvalue weighted by Crippen LogP contribution is 2.27. The normalized spacial score (nSPS) is 13.3. The predicted molar refractivity (Wildman–Crippen MR) is 89.6 cm³/mol. The van der Waals surface area contributed by atoms with Crippen molar-refractivity contribution < 1.29 is 9.59 Å². The number of amides is 2. The first-order valence-corrected chi connectivity index (χ1v) is 8.00. The summed E-state index contributed by atoms with van der Waals surface area (Å²) >= 11 is 1.57. The highest BCUT2D eigenvalue weighted by Gasteiger charge is 2.17. The van der Waals surface area contributed by atoms with Gasteiger partial charge in [0.25, 0.3) is 11.8 Å². The molecule has 0 saturated heterocycles. The molecular weight excluding hydrogens is 310 g/mol. The molecule has 0 spiro atoms. The summed E-state index contributed by atoms with van der Waals surface area (Å²) in [5.74, 6) is -0.659. The van der Waals surface area contributed by atoms with Gasteiger partial charge in [0.1, 0.15) is 0 Å². The summed E-state index contributed by atoms with van der Waals surface area (Å²) in [5.41, 5.74) is 7.76. The minimum Gasteiger partial charge on any atom is -0.268 e. The summed E-state index contributed by atoms with van der Waals surface area (Å²) in [7, 11) is 0. The molecule has 0 unspecified atom stereocenters. The molecule has 1 heterocycles. The van der Waals surface area contributed by atoms with Crippen LogP contribution >= 0.6 is 11.3 Å². The van der Waals surface area contributed by atoms with Gasteiger partial charge in [0.2, 0.25) is 0 Å². The molecule has 0 fully saturated rings. The third-order valence-corrected chi connectivity index (χ3v) is 4.18. The molecule has 2 N–H and O–H groups in total. The van der Waals surface area contributed by atoms with Crippen molar-refractivity contribution in [3.05, 3.63) is 69.7 Å². The Morgan fingerprint density at radius 1 is 1.13 bits per heavy atom. The van der Waals surface area contributed by atoms with Gasteiger partial charge in [0, 0.05) is 16.5 Å². The largest absolute Gasteiger partial charge is 0.269 e. The minimum atomic E-state index is -0.346. The van der Waals surface area contributed by atoms with Crippen LogP contribution in [0.4, 0.5) is 0 Å². The Bertz CT molecular complexity index is 806. The zero-order valence-corrected chi connectivity index (χ0v) is 13.3. The van der Waals surface area contributed by atoms with Gasteiger partial charge in [-0.3, -0.25) is 20.4 Å². The van der Waals surface area contributed by atoms with Gasteiger partial charge >= 0.3 is 0 Å². The highest BCUT2D eigenvalue weighted by molar-refractivity contribution is 7.09. The summed E-state index contributed by atoms with van der Waals surface area (Å²) < 4.78 is 0. The third-order valence-electron chi connectivity index (χ3n) is 3.40. The monoisotopic (exact) mass is 325 g/mol. The average Bonchev–Trinajstić information content (AvgIpc) is 3.22. The first-order chi connectivity index (χ1) is 11.1. The molecule has 0 radical (unpaired) electrons. The first-order valence-electron chi connectivity index (χ1n) is 7.12. The maximum atomic E-state index is 12.1. The summed E-state index contributed by atoms with van der Waals surface area (Å²) in [6.45, 7) is 1.94. The SMILES string of the molecule is Cc1nc(C2=CCC(C(=O)NNC(=O)c3ccccc3)=C2)cs1. The van der Waals surface area contributed by atoms with Crippen LogP contribution in [0.25, 0.3) is 5.57 Å². The van der Waals surface area contributed by atoms with Crippen LogP contribution in [0.15, 0.2) is 53.4 Å². The number of rotatable bonds is 3. The van der Waals surface area contributed by atoms with Gasteiger partial charge in [-0.1, -0.05) is 24.3 Å². The lowest BCUT2D eigenvalue weighted by atomic mass is 10.2. The number of hydrazine groups is 1. The van der Waals surface area contributed by atoms with Gasteiger partial charge in [-0.25, -0.2) is 4.98 Å². The topological polar surface area (TPSA) is 71.1 Å². The molecule has 0 saturated carbocycles. The average molecular weight is 325 g/mol. The van der Waals surface area contributed by atoms with Crippen molar-refractivity contribution in [1.29, 1.82) is 0 Å². The molecule has 0 aliphatic heterocycles. The number of thiazole rings is 1. The van der Waals surface area contributed by atoms with Crippen LogP contribution in [-0.4, -0.2) is 16.8 Å². The summed E-state index contributed by atoms with van der Waals surface area (Å²) in [5, 5.41) is 2.96. The van der Waals surface area contributed by atoms with E-state index in [2.05, 4.69) is 15.8 Å². The second-order valence-electron chi connectivity index (χ2n) is 5.06. The molecule has 23 heavy (non-hydrogen) atoms. The van der Waals surface area contributed by atoms with E-state index in [-0.39, 0.29) is 11.8 Å². The fourth-order valence-corrected chi connectivity index (χ4v) is 2.84. The van der Waals surface area contributed by atoms with Crippen LogP contribution in [0.1, 0.15) is 27.5 Å². The lowest BCUT2D eigenvalue weighted by Gasteiger charge is -2.07. The molecule has 0 bridgehead atoms. The van der Waals surface area contributed by atoms with Crippen molar-refractivity contribution in [1.82, 2.24) is 15.8 Å². The van der Waals surface area contributed by atoms with Crippen molar-refractivity contribution in [2.75, 3.05) is 0 Å². The van der Waals surface area contributed by atoms with Gasteiger partial charge in [-0.05, 0) is 37.1 Å². The quantitative estimate of drug-likeness (QED) is 0.852. The molecule has 2 aromatic rings. The van der Waals surface area contributed by atoms with Gasteiger partial charge < -0.3 is 0 Å². The number of aromatic nitrogens is 1. The lowest BCUT2D eigenvalue weighted by molar-refractivity contribution is -0.118. The van der Waals surface area contributed by atoms with Crippen LogP contribution in [0.3, 0.4) is 0 Å². The van der Waals surface area contributed by atoms with E-state index in [1.807, 2.05) is 24.4 Å². The number of carbonyl (C=O) groups is 2. The molecule has 5 nitrogen and oxygen atoms in total. The van der Waals surface area contributed by atoms with Crippen molar-refractivity contribution in [2.24, 2.45) is 0 Å². The van der Waals surface area contributed by atoms with Crippen LogP contribution in [0.5, 0.6) is 0 Å². The highest BCUT2D eigenvalue weighted by atomic mass is 32.1. The summed E-state index contributed by atoms with van der Waals surface area (Å²) in [4.78, 5) is 28.4. The van der Waals surface area contributed by atoms with Crippen molar-refractivity contribution >= 4 is 28.7 Å². The fourth-order valence-electron chi connectivity index (χ4n) is 2.21. The van der Waals surface area contributed by atoms with Crippen molar-refractivity contribution in [2.45, 2.75) is 13.3 Å². The standard InChI is InChI=1S/C17H15N3O2S/c1-11-18-15(10-23-11)13-7-8-14(9-13)17(22)20-19-16(21)12-5-3-2-4-6-12/h2-7,9-10H,8H2,1H3,(H,19,21)(H,20,22). The van der Waals surface area contributed by atoms with Crippen LogP contribution in [0.2, 0.25) is 0 Å². The van der Waals surface area contributed by atoms with E-state index in [4.69, 9.17) is 0 Å². The van der Waals surface area contributed by atoms with Gasteiger partial charge in [-0.15, -0.1) is 11.3 Å². The Hall–Kier alpha value is -2.73. The minimum absolute atomic E-state index is 0.313.